The lowest BCUT2D eigenvalue weighted by molar-refractivity contribution is 0.814. The molecule has 0 aliphatic rings. The van der Waals surface area contributed by atoms with Crippen LogP contribution < -0.4 is 5.19 Å². The molecule has 0 aromatic heterocycles. The molecule has 1 aromatic rings. The second-order valence-corrected chi connectivity index (χ2v) is 9.19. The lowest BCUT2D eigenvalue weighted by Gasteiger charge is -2.18. The van der Waals surface area contributed by atoms with Gasteiger partial charge < -0.3 is 4.11 Å². The van der Waals surface area contributed by atoms with E-state index in [0.717, 1.165) is 5.19 Å². The van der Waals surface area contributed by atoms with Crippen molar-refractivity contribution in [3.05, 3.63) is 29.3 Å². The molecule has 0 aliphatic heterocycles. The molecule has 2 heteroatoms. The minimum Gasteiger partial charge on any atom is -0.308 e. The standard InChI is InChI=1S/C14H23FSi/c1-10(2)12-7-13(11(3)4)9-14(8-12)16(5,6)15/h7-11H,1-6H3. The first-order valence-electron chi connectivity index (χ1n) is 6.06. The lowest BCUT2D eigenvalue weighted by atomic mass is 9.96. The SMILES string of the molecule is CC(C)c1cc(C(C)C)cc([Si](C)(C)F)c1. The van der Waals surface area contributed by atoms with Gasteiger partial charge in [0.2, 0.25) is 0 Å². The summed E-state index contributed by atoms with van der Waals surface area (Å²) in [5.41, 5.74) is 2.53. The summed E-state index contributed by atoms with van der Waals surface area (Å²) < 4.78 is 14.1. The van der Waals surface area contributed by atoms with Gasteiger partial charge in [0.25, 0.3) is 8.41 Å². The Morgan fingerprint density at radius 2 is 1.25 bits per heavy atom. The molecule has 1 rings (SSSR count). The second kappa shape index (κ2) is 4.70. The molecule has 0 nitrogen and oxygen atoms in total. The first-order chi connectivity index (χ1) is 7.21. The van der Waals surface area contributed by atoms with Gasteiger partial charge in [-0.1, -0.05) is 45.9 Å². The van der Waals surface area contributed by atoms with Crippen LogP contribution in [0, 0.1) is 0 Å². The average Bonchev–Trinajstić information content (AvgIpc) is 2.15. The molecule has 1 aromatic carbocycles. The zero-order valence-corrected chi connectivity index (χ0v) is 12.3. The van der Waals surface area contributed by atoms with Crippen LogP contribution in [0.4, 0.5) is 4.11 Å². The maximum Gasteiger partial charge on any atom is 0.271 e. The van der Waals surface area contributed by atoms with E-state index in [4.69, 9.17) is 0 Å². The van der Waals surface area contributed by atoms with Crippen molar-refractivity contribution in [3.63, 3.8) is 0 Å². The first-order valence-corrected chi connectivity index (χ1v) is 8.94. The van der Waals surface area contributed by atoms with Crippen molar-refractivity contribution in [2.75, 3.05) is 0 Å². The fraction of sp³-hybridized carbons (Fsp3) is 0.571. The molecule has 16 heavy (non-hydrogen) atoms. The normalized spacial score (nSPS) is 12.6. The highest BCUT2D eigenvalue weighted by atomic mass is 28.4. The van der Waals surface area contributed by atoms with Crippen LogP contribution >= 0.6 is 0 Å². The minimum atomic E-state index is -2.69. The third-order valence-electron chi connectivity index (χ3n) is 3.00. The number of halogens is 1. The monoisotopic (exact) mass is 238 g/mol. The van der Waals surface area contributed by atoms with E-state index in [9.17, 15) is 4.11 Å². The van der Waals surface area contributed by atoms with Crippen LogP contribution in [-0.4, -0.2) is 8.41 Å². The Balaban J connectivity index is 3.30. The van der Waals surface area contributed by atoms with Gasteiger partial charge in [0.15, 0.2) is 0 Å². The molecule has 0 N–H and O–H groups in total. The molecular formula is C14H23FSi. The molecule has 0 spiro atoms. The van der Waals surface area contributed by atoms with E-state index >= 15 is 0 Å². The quantitative estimate of drug-likeness (QED) is 0.543. The van der Waals surface area contributed by atoms with Crippen LogP contribution in [0.5, 0.6) is 0 Å². The van der Waals surface area contributed by atoms with E-state index in [1.807, 2.05) is 0 Å². The highest BCUT2D eigenvalue weighted by Gasteiger charge is 2.25. The zero-order chi connectivity index (χ0) is 12.5. The molecule has 0 radical (unpaired) electrons. The fourth-order valence-electron chi connectivity index (χ4n) is 1.69. The topological polar surface area (TPSA) is 0 Å². The number of benzene rings is 1. The first kappa shape index (κ1) is 13.4. The lowest BCUT2D eigenvalue weighted by Crippen LogP contribution is -2.37. The molecule has 0 atom stereocenters. The van der Waals surface area contributed by atoms with Crippen molar-refractivity contribution in [1.82, 2.24) is 0 Å². The summed E-state index contributed by atoms with van der Waals surface area (Å²) in [5, 5.41) is 0.933. The predicted octanol–water partition coefficient (Wildman–Crippen LogP) is 4.32. The van der Waals surface area contributed by atoms with Gasteiger partial charge in [0, 0.05) is 0 Å². The number of hydrogen-bond acceptors (Lipinski definition) is 0. The molecule has 0 aliphatic carbocycles. The Labute approximate surface area is 100 Å². The largest absolute Gasteiger partial charge is 0.308 e. The molecular weight excluding hydrogens is 215 g/mol. The van der Waals surface area contributed by atoms with Crippen molar-refractivity contribution < 1.29 is 4.11 Å². The summed E-state index contributed by atoms with van der Waals surface area (Å²) in [4.78, 5) is 0. The summed E-state index contributed by atoms with van der Waals surface area (Å²) in [5.74, 6) is 0.933. The molecule has 0 fully saturated rings. The summed E-state index contributed by atoms with van der Waals surface area (Å²) in [6.07, 6.45) is 0. The van der Waals surface area contributed by atoms with Crippen molar-refractivity contribution in [1.29, 1.82) is 0 Å². The van der Waals surface area contributed by atoms with E-state index < -0.39 is 8.41 Å². The Hall–Kier alpha value is -0.633. The van der Waals surface area contributed by atoms with Gasteiger partial charge in [0.05, 0.1) is 0 Å². The van der Waals surface area contributed by atoms with Crippen LogP contribution in [0.2, 0.25) is 13.1 Å². The van der Waals surface area contributed by atoms with Gasteiger partial charge in [-0.3, -0.25) is 0 Å². The zero-order valence-electron chi connectivity index (χ0n) is 11.3. The van der Waals surface area contributed by atoms with Gasteiger partial charge >= 0.3 is 0 Å². The van der Waals surface area contributed by atoms with E-state index in [-0.39, 0.29) is 0 Å². The van der Waals surface area contributed by atoms with Gasteiger partial charge in [-0.05, 0) is 41.2 Å². The van der Waals surface area contributed by atoms with Crippen molar-refractivity contribution in [2.24, 2.45) is 0 Å². The Kier molecular flexibility index (Phi) is 3.95. The third-order valence-corrected chi connectivity index (χ3v) is 4.66. The van der Waals surface area contributed by atoms with E-state index in [0.29, 0.717) is 11.8 Å². The smallest absolute Gasteiger partial charge is 0.271 e. The van der Waals surface area contributed by atoms with Gasteiger partial charge in [-0.2, -0.15) is 0 Å². The summed E-state index contributed by atoms with van der Waals surface area (Å²) >= 11 is 0. The summed E-state index contributed by atoms with van der Waals surface area (Å²) in [7, 11) is -2.69. The summed E-state index contributed by atoms with van der Waals surface area (Å²) in [6.45, 7) is 12.2. The molecule has 0 unspecified atom stereocenters. The van der Waals surface area contributed by atoms with E-state index in [1.165, 1.54) is 11.1 Å². The molecule has 0 heterocycles. The van der Waals surface area contributed by atoms with Crippen LogP contribution in [-0.2, 0) is 0 Å². The molecule has 0 saturated carbocycles. The molecule has 0 saturated heterocycles. The van der Waals surface area contributed by atoms with Gasteiger partial charge in [0.1, 0.15) is 0 Å². The second-order valence-electron chi connectivity index (χ2n) is 5.67. The predicted molar refractivity (Wildman–Crippen MR) is 72.8 cm³/mol. The van der Waals surface area contributed by atoms with Crippen molar-refractivity contribution in [3.8, 4) is 0 Å². The number of hydrogen-bond donors (Lipinski definition) is 0. The Bertz CT molecular complexity index is 335. The van der Waals surface area contributed by atoms with Crippen LogP contribution in [0.25, 0.3) is 0 Å². The minimum absolute atomic E-state index is 0.466. The fourth-order valence-corrected chi connectivity index (χ4v) is 2.71. The van der Waals surface area contributed by atoms with Crippen molar-refractivity contribution >= 4 is 13.6 Å². The van der Waals surface area contributed by atoms with Gasteiger partial charge in [-0.15, -0.1) is 0 Å². The average molecular weight is 238 g/mol. The van der Waals surface area contributed by atoms with Crippen LogP contribution in [0.3, 0.4) is 0 Å². The maximum absolute atomic E-state index is 14.1. The molecule has 0 amide bonds. The highest BCUT2D eigenvalue weighted by Crippen LogP contribution is 2.21. The van der Waals surface area contributed by atoms with Crippen LogP contribution in [0.1, 0.15) is 50.7 Å². The Morgan fingerprint density at radius 3 is 1.50 bits per heavy atom. The highest BCUT2D eigenvalue weighted by molar-refractivity contribution is 6.83. The van der Waals surface area contributed by atoms with Gasteiger partial charge in [-0.25, -0.2) is 0 Å². The number of rotatable bonds is 3. The van der Waals surface area contributed by atoms with Crippen molar-refractivity contribution in [2.45, 2.75) is 52.6 Å². The summed E-state index contributed by atoms with van der Waals surface area (Å²) in [6, 6.07) is 6.34. The van der Waals surface area contributed by atoms with E-state index in [2.05, 4.69) is 45.9 Å². The molecule has 0 bridgehead atoms. The van der Waals surface area contributed by atoms with Crippen LogP contribution in [0.15, 0.2) is 18.2 Å². The maximum atomic E-state index is 14.1. The Morgan fingerprint density at radius 1 is 0.875 bits per heavy atom. The third kappa shape index (κ3) is 3.18. The molecule has 90 valence electrons. The van der Waals surface area contributed by atoms with E-state index in [1.54, 1.807) is 13.1 Å².